The minimum absolute atomic E-state index is 0.302. The Balaban J connectivity index is 2.64. The fraction of sp³-hybridized carbons (Fsp3) is 1.00. The Kier molecular flexibility index (Phi) is 3.93. The monoisotopic (exact) mass is 199 g/mol. The fourth-order valence-electron chi connectivity index (χ4n) is 2.40. The van der Waals surface area contributed by atoms with Crippen LogP contribution >= 0.6 is 0 Å². The Bertz CT molecular complexity index is 179. The summed E-state index contributed by atoms with van der Waals surface area (Å²) in [6.45, 7) is 11.1. The second kappa shape index (κ2) is 4.60. The zero-order valence-electron chi connectivity index (χ0n) is 10.1. The first-order valence-corrected chi connectivity index (χ1v) is 5.66. The van der Waals surface area contributed by atoms with Crippen LogP contribution in [0.3, 0.4) is 0 Å². The zero-order chi connectivity index (χ0) is 10.8. The Morgan fingerprint density at radius 1 is 1.43 bits per heavy atom. The predicted molar refractivity (Wildman–Crippen MR) is 61.4 cm³/mol. The molecular weight excluding hydrogens is 174 g/mol. The second-order valence-electron chi connectivity index (χ2n) is 5.06. The van der Waals surface area contributed by atoms with Crippen molar-refractivity contribution in [3.8, 4) is 0 Å². The second-order valence-corrected chi connectivity index (χ2v) is 5.06. The third-order valence-electron chi connectivity index (χ3n) is 3.31. The van der Waals surface area contributed by atoms with E-state index in [1.807, 2.05) is 0 Å². The standard InChI is InChI=1S/C11H25N3/c1-5-6-14-8-10(7-12)13(4)9-11(14,2)3/h10H,5-9,12H2,1-4H3. The molecular formula is C11H25N3. The van der Waals surface area contributed by atoms with Gasteiger partial charge in [-0.05, 0) is 33.9 Å². The van der Waals surface area contributed by atoms with Gasteiger partial charge in [-0.15, -0.1) is 0 Å². The van der Waals surface area contributed by atoms with Gasteiger partial charge in [0, 0.05) is 31.2 Å². The molecule has 0 saturated carbocycles. The number of likely N-dealkylation sites (N-methyl/N-ethyl adjacent to an activating group) is 1. The van der Waals surface area contributed by atoms with E-state index >= 15 is 0 Å². The lowest BCUT2D eigenvalue weighted by molar-refractivity contribution is -0.00170. The molecule has 1 heterocycles. The molecule has 3 nitrogen and oxygen atoms in total. The van der Waals surface area contributed by atoms with Crippen LogP contribution in [0.5, 0.6) is 0 Å². The summed E-state index contributed by atoms with van der Waals surface area (Å²) in [4.78, 5) is 4.97. The van der Waals surface area contributed by atoms with Gasteiger partial charge in [0.2, 0.25) is 0 Å². The molecule has 0 bridgehead atoms. The number of nitrogens with two attached hydrogens (primary N) is 1. The van der Waals surface area contributed by atoms with Crippen LogP contribution in [0, 0.1) is 0 Å². The van der Waals surface area contributed by atoms with Gasteiger partial charge in [0.25, 0.3) is 0 Å². The first kappa shape index (κ1) is 12.0. The van der Waals surface area contributed by atoms with Crippen LogP contribution in [0.2, 0.25) is 0 Å². The van der Waals surface area contributed by atoms with Crippen molar-refractivity contribution < 1.29 is 0 Å². The molecule has 0 aromatic heterocycles. The topological polar surface area (TPSA) is 32.5 Å². The number of rotatable bonds is 3. The molecule has 3 heteroatoms. The summed E-state index contributed by atoms with van der Waals surface area (Å²) in [6.07, 6.45) is 1.23. The van der Waals surface area contributed by atoms with Crippen LogP contribution in [-0.2, 0) is 0 Å². The molecule has 1 atom stereocenters. The molecule has 2 N–H and O–H groups in total. The molecule has 84 valence electrons. The highest BCUT2D eigenvalue weighted by Crippen LogP contribution is 2.22. The maximum absolute atomic E-state index is 5.77. The Morgan fingerprint density at radius 3 is 2.57 bits per heavy atom. The van der Waals surface area contributed by atoms with Crippen molar-refractivity contribution in [3.63, 3.8) is 0 Å². The molecule has 0 aromatic rings. The Morgan fingerprint density at radius 2 is 2.07 bits per heavy atom. The molecule has 1 unspecified atom stereocenters. The minimum atomic E-state index is 0.302. The molecule has 0 amide bonds. The number of hydrogen-bond acceptors (Lipinski definition) is 3. The summed E-state index contributed by atoms with van der Waals surface area (Å²) in [6, 6.07) is 0.537. The van der Waals surface area contributed by atoms with Crippen LogP contribution in [0.4, 0.5) is 0 Å². The number of piperazine rings is 1. The van der Waals surface area contributed by atoms with Crippen molar-refractivity contribution in [3.05, 3.63) is 0 Å². The van der Waals surface area contributed by atoms with Gasteiger partial charge in [-0.3, -0.25) is 9.80 Å². The SMILES string of the molecule is CCCN1CC(CN)N(C)CC1(C)C. The maximum atomic E-state index is 5.77. The van der Waals surface area contributed by atoms with Crippen LogP contribution < -0.4 is 5.73 Å². The molecule has 0 radical (unpaired) electrons. The third-order valence-corrected chi connectivity index (χ3v) is 3.31. The van der Waals surface area contributed by atoms with Crippen molar-refractivity contribution in [2.24, 2.45) is 5.73 Å². The van der Waals surface area contributed by atoms with Gasteiger partial charge in [0.15, 0.2) is 0 Å². The first-order valence-electron chi connectivity index (χ1n) is 5.66. The van der Waals surface area contributed by atoms with Gasteiger partial charge in [0.05, 0.1) is 0 Å². The zero-order valence-corrected chi connectivity index (χ0v) is 10.1. The highest BCUT2D eigenvalue weighted by atomic mass is 15.3. The molecule has 1 saturated heterocycles. The molecule has 14 heavy (non-hydrogen) atoms. The molecule has 0 aromatic carbocycles. The summed E-state index contributed by atoms with van der Waals surface area (Å²) in [7, 11) is 2.18. The lowest BCUT2D eigenvalue weighted by Crippen LogP contribution is -2.63. The van der Waals surface area contributed by atoms with E-state index in [-0.39, 0.29) is 0 Å². The van der Waals surface area contributed by atoms with Crippen molar-refractivity contribution >= 4 is 0 Å². The van der Waals surface area contributed by atoms with Crippen molar-refractivity contribution in [1.29, 1.82) is 0 Å². The maximum Gasteiger partial charge on any atom is 0.0343 e. The van der Waals surface area contributed by atoms with Crippen molar-refractivity contribution in [2.75, 3.05) is 33.2 Å². The number of hydrogen-bond donors (Lipinski definition) is 1. The summed E-state index contributed by atoms with van der Waals surface area (Å²) in [5.74, 6) is 0. The highest BCUT2D eigenvalue weighted by molar-refractivity contribution is 4.93. The largest absolute Gasteiger partial charge is 0.329 e. The third kappa shape index (κ3) is 2.47. The highest BCUT2D eigenvalue weighted by Gasteiger charge is 2.35. The van der Waals surface area contributed by atoms with Crippen LogP contribution in [0.15, 0.2) is 0 Å². The average Bonchev–Trinajstić information content (AvgIpc) is 2.09. The predicted octanol–water partition coefficient (Wildman–Crippen LogP) is 0.750. The summed E-state index contributed by atoms with van der Waals surface area (Å²) < 4.78 is 0. The summed E-state index contributed by atoms with van der Waals surface area (Å²) in [5.41, 5.74) is 6.07. The van der Waals surface area contributed by atoms with Gasteiger partial charge in [-0.25, -0.2) is 0 Å². The Hall–Kier alpha value is -0.120. The van der Waals surface area contributed by atoms with E-state index in [0.717, 1.165) is 19.6 Å². The van der Waals surface area contributed by atoms with Crippen molar-refractivity contribution in [2.45, 2.75) is 38.8 Å². The van der Waals surface area contributed by atoms with E-state index in [1.54, 1.807) is 0 Å². The Labute approximate surface area is 88.2 Å². The van der Waals surface area contributed by atoms with Gasteiger partial charge in [0.1, 0.15) is 0 Å². The molecule has 1 aliphatic rings. The van der Waals surface area contributed by atoms with Gasteiger partial charge in [-0.1, -0.05) is 6.92 Å². The van der Waals surface area contributed by atoms with E-state index < -0.39 is 0 Å². The quantitative estimate of drug-likeness (QED) is 0.728. The first-order chi connectivity index (χ1) is 6.51. The van der Waals surface area contributed by atoms with E-state index in [0.29, 0.717) is 11.6 Å². The molecule has 1 aliphatic heterocycles. The molecule has 0 spiro atoms. The lowest BCUT2D eigenvalue weighted by Gasteiger charge is -2.50. The molecule has 1 rings (SSSR count). The van der Waals surface area contributed by atoms with Crippen molar-refractivity contribution in [1.82, 2.24) is 9.80 Å². The van der Waals surface area contributed by atoms with Gasteiger partial charge in [-0.2, -0.15) is 0 Å². The van der Waals surface area contributed by atoms with Crippen LogP contribution in [0.25, 0.3) is 0 Å². The van der Waals surface area contributed by atoms with E-state index in [2.05, 4.69) is 37.6 Å². The van der Waals surface area contributed by atoms with Crippen LogP contribution in [0.1, 0.15) is 27.2 Å². The van der Waals surface area contributed by atoms with Gasteiger partial charge < -0.3 is 5.73 Å². The lowest BCUT2D eigenvalue weighted by atomic mass is 9.95. The van der Waals surface area contributed by atoms with Crippen LogP contribution in [-0.4, -0.2) is 54.6 Å². The average molecular weight is 199 g/mol. The molecule has 1 fully saturated rings. The smallest absolute Gasteiger partial charge is 0.0343 e. The van der Waals surface area contributed by atoms with E-state index in [1.165, 1.54) is 13.0 Å². The van der Waals surface area contributed by atoms with E-state index in [9.17, 15) is 0 Å². The minimum Gasteiger partial charge on any atom is -0.329 e. The van der Waals surface area contributed by atoms with E-state index in [4.69, 9.17) is 5.73 Å². The molecule has 0 aliphatic carbocycles. The summed E-state index contributed by atoms with van der Waals surface area (Å²) >= 11 is 0. The summed E-state index contributed by atoms with van der Waals surface area (Å²) in [5, 5.41) is 0. The fourth-order valence-corrected chi connectivity index (χ4v) is 2.40. The number of nitrogens with zero attached hydrogens (tertiary/aromatic N) is 2. The van der Waals surface area contributed by atoms with Gasteiger partial charge >= 0.3 is 0 Å². The normalized spacial score (nSPS) is 29.4.